The van der Waals surface area contributed by atoms with Gasteiger partial charge in [0.25, 0.3) is 11.5 Å². The van der Waals surface area contributed by atoms with Gasteiger partial charge in [0.15, 0.2) is 5.82 Å². The molecule has 0 radical (unpaired) electrons. The van der Waals surface area contributed by atoms with Crippen molar-refractivity contribution in [2.24, 2.45) is 5.16 Å². The third kappa shape index (κ3) is 4.56. The van der Waals surface area contributed by atoms with E-state index in [1.807, 2.05) is 0 Å². The number of amidine groups is 1. The molecule has 3 aliphatic rings. The van der Waals surface area contributed by atoms with Crippen LogP contribution in [0.1, 0.15) is 46.4 Å². The molecule has 1 aromatic carbocycles. The highest BCUT2D eigenvalue weighted by atomic mass is 35.5. The molecule has 0 spiro atoms. The molecular formula is C23H19Cl2F4N5O3. The summed E-state index contributed by atoms with van der Waals surface area (Å²) in [6.45, 7) is 0.905. The van der Waals surface area contributed by atoms with E-state index in [-0.39, 0.29) is 30.5 Å². The Kier molecular flexibility index (Phi) is 6.43. The molecule has 8 nitrogen and oxygen atoms in total. The number of carbonyl (C=O) groups excluding carboxylic acids is 2. The van der Waals surface area contributed by atoms with Gasteiger partial charge in [0, 0.05) is 31.4 Å². The minimum Gasteiger partial charge on any atom is -0.372 e. The summed E-state index contributed by atoms with van der Waals surface area (Å²) in [5, 5.41) is 7.92. The molecule has 2 atom stereocenters. The summed E-state index contributed by atoms with van der Waals surface area (Å²) in [5.74, 6) is -1.81. The Morgan fingerprint density at radius 3 is 2.57 bits per heavy atom. The van der Waals surface area contributed by atoms with Gasteiger partial charge < -0.3 is 20.4 Å². The number of benzene rings is 1. The Labute approximate surface area is 217 Å². The first-order valence-corrected chi connectivity index (χ1v) is 12.0. The Bertz CT molecular complexity index is 1300. The number of alkyl halides is 3. The zero-order valence-corrected chi connectivity index (χ0v) is 20.5. The second-order valence-electron chi connectivity index (χ2n) is 9.01. The lowest BCUT2D eigenvalue weighted by molar-refractivity contribution is -0.275. The van der Waals surface area contributed by atoms with Gasteiger partial charge in [-0.3, -0.25) is 14.6 Å². The third-order valence-electron chi connectivity index (χ3n) is 6.62. The molecule has 0 saturated carbocycles. The van der Waals surface area contributed by atoms with Crippen molar-refractivity contribution in [3.05, 3.63) is 62.6 Å². The van der Waals surface area contributed by atoms with Gasteiger partial charge in [-0.25, -0.2) is 4.39 Å². The summed E-state index contributed by atoms with van der Waals surface area (Å²) in [5.41, 5.74) is -1.91. The Hall–Kier alpha value is -3.12. The molecule has 0 aliphatic carbocycles. The zero-order valence-electron chi connectivity index (χ0n) is 19.0. The number of aromatic nitrogens is 1. The van der Waals surface area contributed by atoms with E-state index in [9.17, 15) is 27.2 Å². The van der Waals surface area contributed by atoms with Crippen LogP contribution < -0.4 is 10.6 Å². The molecule has 0 bridgehead atoms. The molecule has 3 aliphatic heterocycles. The lowest BCUT2D eigenvalue weighted by Crippen LogP contribution is -2.50. The number of hydrogen-bond donors (Lipinski definition) is 2. The monoisotopic (exact) mass is 559 g/mol. The van der Waals surface area contributed by atoms with Gasteiger partial charge in [-0.1, -0.05) is 28.4 Å². The number of nitrogens with one attached hydrogen (secondary N) is 2. The van der Waals surface area contributed by atoms with Crippen LogP contribution in [0.25, 0.3) is 0 Å². The van der Waals surface area contributed by atoms with Crippen molar-refractivity contribution < 1.29 is 32.0 Å². The second-order valence-corrected chi connectivity index (χ2v) is 9.82. The highest BCUT2D eigenvalue weighted by Gasteiger charge is 2.63. The smallest absolute Gasteiger partial charge is 0.372 e. The Morgan fingerprint density at radius 2 is 1.89 bits per heavy atom. The molecule has 1 fully saturated rings. The summed E-state index contributed by atoms with van der Waals surface area (Å²) in [6.07, 6.45) is -2.89. The van der Waals surface area contributed by atoms with E-state index in [4.69, 9.17) is 28.0 Å². The molecule has 5 rings (SSSR count). The number of halogens is 6. The molecule has 1 aromatic heterocycles. The molecule has 196 valence electrons. The SMILES string of the molecule is O=C(NC1CCCNC1=O)c1cc2c(cn1)CN(C1=NOC(c3cc(Cl)c(F)c(Cl)c3)(C(F)(F)F)C1)C2. The van der Waals surface area contributed by atoms with Crippen LogP contribution in [0.2, 0.25) is 10.0 Å². The normalized spacial score (nSPS) is 23.3. The number of oxime groups is 1. The van der Waals surface area contributed by atoms with Gasteiger partial charge in [0.2, 0.25) is 5.91 Å². The Balaban J connectivity index is 1.33. The van der Waals surface area contributed by atoms with E-state index in [0.29, 0.717) is 24.1 Å². The summed E-state index contributed by atoms with van der Waals surface area (Å²) in [4.78, 5) is 35.3. The molecule has 2 aromatic rings. The predicted molar refractivity (Wildman–Crippen MR) is 124 cm³/mol. The predicted octanol–water partition coefficient (Wildman–Crippen LogP) is 4.04. The number of piperidine rings is 1. The number of fused-ring (bicyclic) bond motifs is 1. The zero-order chi connectivity index (χ0) is 26.5. The van der Waals surface area contributed by atoms with Crippen LogP contribution in [0.3, 0.4) is 0 Å². The first-order chi connectivity index (χ1) is 17.5. The van der Waals surface area contributed by atoms with E-state index in [1.165, 1.54) is 12.3 Å². The summed E-state index contributed by atoms with van der Waals surface area (Å²) < 4.78 is 56.7. The van der Waals surface area contributed by atoms with Crippen LogP contribution in [-0.2, 0) is 28.3 Å². The number of rotatable bonds is 3. The van der Waals surface area contributed by atoms with Crippen LogP contribution in [-0.4, -0.2) is 46.3 Å². The third-order valence-corrected chi connectivity index (χ3v) is 7.17. The van der Waals surface area contributed by atoms with Crippen molar-refractivity contribution in [1.29, 1.82) is 0 Å². The largest absolute Gasteiger partial charge is 0.435 e. The van der Waals surface area contributed by atoms with Crippen LogP contribution in [0.5, 0.6) is 0 Å². The topological polar surface area (TPSA) is 95.9 Å². The summed E-state index contributed by atoms with van der Waals surface area (Å²) >= 11 is 11.5. The molecular weight excluding hydrogens is 541 g/mol. The maximum absolute atomic E-state index is 14.3. The van der Waals surface area contributed by atoms with Crippen molar-refractivity contribution >= 4 is 40.9 Å². The van der Waals surface area contributed by atoms with Crippen molar-refractivity contribution in [2.75, 3.05) is 6.54 Å². The minimum atomic E-state index is -4.92. The lowest BCUT2D eigenvalue weighted by atomic mass is 9.89. The van der Waals surface area contributed by atoms with Crippen molar-refractivity contribution in [2.45, 2.75) is 50.2 Å². The second kappa shape index (κ2) is 9.32. The van der Waals surface area contributed by atoms with E-state index < -0.39 is 51.6 Å². The van der Waals surface area contributed by atoms with Crippen molar-refractivity contribution in [3.8, 4) is 0 Å². The van der Waals surface area contributed by atoms with Crippen LogP contribution in [0, 0.1) is 5.82 Å². The quantitative estimate of drug-likeness (QED) is 0.437. The average molecular weight is 560 g/mol. The highest BCUT2D eigenvalue weighted by molar-refractivity contribution is 6.35. The fourth-order valence-corrected chi connectivity index (χ4v) is 5.06. The highest BCUT2D eigenvalue weighted by Crippen LogP contribution is 2.50. The first kappa shape index (κ1) is 25.5. The van der Waals surface area contributed by atoms with E-state index in [2.05, 4.69) is 20.8 Å². The lowest BCUT2D eigenvalue weighted by Gasteiger charge is -2.30. The molecule has 2 N–H and O–H groups in total. The van der Waals surface area contributed by atoms with Crippen LogP contribution >= 0.6 is 23.2 Å². The summed E-state index contributed by atoms with van der Waals surface area (Å²) in [7, 11) is 0. The number of hydrogen-bond acceptors (Lipinski definition) is 6. The number of carbonyl (C=O) groups is 2. The number of amides is 2. The fraction of sp³-hybridized carbons (Fsp3) is 0.391. The van der Waals surface area contributed by atoms with Gasteiger partial charge >= 0.3 is 6.18 Å². The van der Waals surface area contributed by atoms with Gasteiger partial charge in [-0.2, -0.15) is 13.2 Å². The van der Waals surface area contributed by atoms with E-state index >= 15 is 0 Å². The number of nitrogens with zero attached hydrogens (tertiary/aromatic N) is 3. The number of pyridine rings is 1. The molecule has 2 unspecified atom stereocenters. The molecule has 14 heteroatoms. The molecule has 37 heavy (non-hydrogen) atoms. The fourth-order valence-electron chi connectivity index (χ4n) is 4.58. The van der Waals surface area contributed by atoms with E-state index in [0.717, 1.165) is 18.6 Å². The van der Waals surface area contributed by atoms with Crippen LogP contribution in [0.15, 0.2) is 29.6 Å². The van der Waals surface area contributed by atoms with Gasteiger partial charge in [-0.05, 0) is 42.2 Å². The maximum atomic E-state index is 14.3. The van der Waals surface area contributed by atoms with Crippen molar-refractivity contribution in [1.82, 2.24) is 20.5 Å². The average Bonchev–Trinajstić information content (AvgIpc) is 3.48. The van der Waals surface area contributed by atoms with Gasteiger partial charge in [-0.15, -0.1) is 0 Å². The molecule has 1 saturated heterocycles. The van der Waals surface area contributed by atoms with Gasteiger partial charge in [0.1, 0.15) is 17.6 Å². The standard InChI is InChI=1S/C23H19Cl2F4N5O3/c24-14-5-13(6-15(25)19(14)26)22(23(27,28)29)7-18(33-37-22)34-9-11-4-17(31-8-12(11)10-34)21(36)32-16-2-1-3-30-20(16)35/h4-6,8,16H,1-3,7,9-10H2,(H,30,35)(H,32,36). The minimum absolute atomic E-state index is 0.00923. The van der Waals surface area contributed by atoms with Gasteiger partial charge in [0.05, 0.1) is 16.5 Å². The first-order valence-electron chi connectivity index (χ1n) is 11.3. The summed E-state index contributed by atoms with van der Waals surface area (Å²) in [6, 6.07) is 2.55. The van der Waals surface area contributed by atoms with E-state index in [1.54, 1.807) is 4.90 Å². The molecule has 2 amide bonds. The Morgan fingerprint density at radius 1 is 1.19 bits per heavy atom. The molecule has 4 heterocycles. The maximum Gasteiger partial charge on any atom is 0.435 e. The van der Waals surface area contributed by atoms with Crippen LogP contribution in [0.4, 0.5) is 17.6 Å². The van der Waals surface area contributed by atoms with Crippen molar-refractivity contribution in [3.63, 3.8) is 0 Å².